The third kappa shape index (κ3) is 4.38. The number of rotatable bonds is 5. The van der Waals surface area contributed by atoms with Crippen molar-refractivity contribution in [2.45, 2.75) is 12.8 Å². The molecular weight excluding hydrogens is 390 g/mol. The van der Waals surface area contributed by atoms with Gasteiger partial charge in [-0.25, -0.2) is 8.78 Å². The monoisotopic (exact) mass is 402 g/mol. The van der Waals surface area contributed by atoms with Gasteiger partial charge in [-0.3, -0.25) is 0 Å². The van der Waals surface area contributed by atoms with Crippen molar-refractivity contribution in [3.05, 3.63) is 69.7 Å². The predicted molar refractivity (Wildman–Crippen MR) is 85.2 cm³/mol. The Bertz CT molecular complexity index is 567. The summed E-state index contributed by atoms with van der Waals surface area (Å²) in [5.74, 6) is -1.22. The summed E-state index contributed by atoms with van der Waals surface area (Å²) in [6.45, 7) is 0. The summed E-state index contributed by atoms with van der Waals surface area (Å²) in [5, 5.41) is 0.821. The fourth-order valence-corrected chi connectivity index (χ4v) is 2.86. The Hall–Kier alpha value is -0.740. The van der Waals surface area contributed by atoms with Crippen LogP contribution in [-0.2, 0) is 12.8 Å². The van der Waals surface area contributed by atoms with Gasteiger partial charge < -0.3 is 0 Å². The molecule has 0 fully saturated rings. The molecule has 0 aliphatic rings. The van der Waals surface area contributed by atoms with Crippen LogP contribution in [0.1, 0.15) is 11.1 Å². The fourth-order valence-electron chi connectivity index (χ4n) is 2.14. The van der Waals surface area contributed by atoms with Gasteiger partial charge in [0.2, 0.25) is 0 Å². The smallest absolute Gasteiger partial charge is 0.159 e. The summed E-state index contributed by atoms with van der Waals surface area (Å²) in [4.78, 5) is 0. The highest BCUT2D eigenvalue weighted by Crippen LogP contribution is 2.20. The maximum atomic E-state index is 13.2. The van der Waals surface area contributed by atoms with Crippen LogP contribution in [0.3, 0.4) is 0 Å². The van der Waals surface area contributed by atoms with Crippen LogP contribution in [0.5, 0.6) is 0 Å². The van der Waals surface area contributed by atoms with Crippen LogP contribution >= 0.6 is 31.9 Å². The summed E-state index contributed by atoms with van der Waals surface area (Å²) in [7, 11) is 0. The van der Waals surface area contributed by atoms with E-state index in [4.69, 9.17) is 0 Å². The second-order valence-corrected chi connectivity index (χ2v) is 6.37. The average molecular weight is 404 g/mol. The van der Waals surface area contributed by atoms with Crippen LogP contribution in [0.15, 0.2) is 46.9 Å². The van der Waals surface area contributed by atoms with Crippen LogP contribution in [0.2, 0.25) is 0 Å². The molecule has 0 nitrogen and oxygen atoms in total. The molecule has 0 saturated carbocycles. The van der Waals surface area contributed by atoms with Gasteiger partial charge in [-0.05, 0) is 54.2 Å². The van der Waals surface area contributed by atoms with Crippen LogP contribution in [-0.4, -0.2) is 5.33 Å². The zero-order valence-electron chi connectivity index (χ0n) is 10.8. The molecular formula is C16H14Br2F2. The third-order valence-corrected chi connectivity index (χ3v) is 4.61. The van der Waals surface area contributed by atoms with Gasteiger partial charge in [0.05, 0.1) is 0 Å². The van der Waals surface area contributed by atoms with Crippen molar-refractivity contribution in [3.63, 3.8) is 0 Å². The summed E-state index contributed by atoms with van der Waals surface area (Å²) in [6.07, 6.45) is 1.62. The maximum absolute atomic E-state index is 13.2. The lowest BCUT2D eigenvalue weighted by atomic mass is 9.94. The van der Waals surface area contributed by atoms with E-state index in [0.29, 0.717) is 5.92 Å². The van der Waals surface area contributed by atoms with Gasteiger partial charge >= 0.3 is 0 Å². The van der Waals surface area contributed by atoms with E-state index in [9.17, 15) is 8.78 Å². The van der Waals surface area contributed by atoms with Crippen molar-refractivity contribution < 1.29 is 8.78 Å². The highest BCUT2D eigenvalue weighted by Gasteiger charge is 2.11. The standard InChI is InChI=1S/C16H14Br2F2/c17-10-13(7-11-1-4-14(18)5-2-11)8-12-3-6-15(19)16(20)9-12/h1-6,9,13H,7-8,10H2. The minimum Gasteiger partial charge on any atom is -0.204 e. The molecule has 0 heterocycles. The molecule has 4 heteroatoms. The molecule has 0 amide bonds. The normalized spacial score (nSPS) is 12.4. The van der Waals surface area contributed by atoms with Crippen LogP contribution < -0.4 is 0 Å². The molecule has 20 heavy (non-hydrogen) atoms. The molecule has 106 valence electrons. The Kier molecular flexibility index (Phi) is 5.73. The lowest BCUT2D eigenvalue weighted by Crippen LogP contribution is -2.10. The van der Waals surface area contributed by atoms with Crippen molar-refractivity contribution in [2.75, 3.05) is 5.33 Å². The highest BCUT2D eigenvalue weighted by molar-refractivity contribution is 9.10. The van der Waals surface area contributed by atoms with Gasteiger partial charge in [-0.1, -0.05) is 50.1 Å². The molecule has 0 saturated heterocycles. The van der Waals surface area contributed by atoms with Gasteiger partial charge in [0.15, 0.2) is 11.6 Å². The second-order valence-electron chi connectivity index (χ2n) is 4.80. The van der Waals surface area contributed by atoms with E-state index in [1.807, 2.05) is 12.1 Å². The second kappa shape index (κ2) is 7.32. The largest absolute Gasteiger partial charge is 0.204 e. The molecule has 0 aliphatic heterocycles. The Balaban J connectivity index is 2.04. The Morgan fingerprint density at radius 1 is 0.850 bits per heavy atom. The molecule has 0 bridgehead atoms. The molecule has 0 aliphatic carbocycles. The first-order valence-electron chi connectivity index (χ1n) is 6.33. The van der Waals surface area contributed by atoms with E-state index >= 15 is 0 Å². The fraction of sp³-hybridized carbons (Fsp3) is 0.250. The molecule has 0 spiro atoms. The van der Waals surface area contributed by atoms with Gasteiger partial charge in [0.1, 0.15) is 0 Å². The maximum Gasteiger partial charge on any atom is 0.159 e. The molecule has 0 aromatic heterocycles. The minimum absolute atomic E-state index is 0.348. The average Bonchev–Trinajstić information content (AvgIpc) is 2.44. The summed E-state index contributed by atoms with van der Waals surface area (Å²) >= 11 is 6.91. The zero-order valence-corrected chi connectivity index (χ0v) is 13.9. The SMILES string of the molecule is Fc1ccc(CC(CBr)Cc2ccc(Br)cc2)cc1F. The lowest BCUT2D eigenvalue weighted by molar-refractivity contribution is 0.504. The van der Waals surface area contributed by atoms with Gasteiger partial charge in [0, 0.05) is 9.80 Å². The summed E-state index contributed by atoms with van der Waals surface area (Å²) in [6, 6.07) is 12.3. The van der Waals surface area contributed by atoms with Crippen molar-refractivity contribution in [3.8, 4) is 0 Å². The number of hydrogen-bond acceptors (Lipinski definition) is 0. The summed E-state index contributed by atoms with van der Waals surface area (Å²) in [5.41, 5.74) is 2.06. The number of benzene rings is 2. The first-order valence-corrected chi connectivity index (χ1v) is 8.24. The Morgan fingerprint density at radius 2 is 1.45 bits per heavy atom. The van der Waals surface area contributed by atoms with Gasteiger partial charge in [-0.2, -0.15) is 0 Å². The van der Waals surface area contributed by atoms with Crippen molar-refractivity contribution in [1.29, 1.82) is 0 Å². The number of halogens is 4. The predicted octanol–water partition coefficient (Wildman–Crippen LogP) is 5.52. The molecule has 2 rings (SSSR count). The summed E-state index contributed by atoms with van der Waals surface area (Å²) < 4.78 is 27.2. The quantitative estimate of drug-likeness (QED) is 0.576. The van der Waals surface area contributed by atoms with E-state index in [1.165, 1.54) is 17.7 Å². The topological polar surface area (TPSA) is 0 Å². The minimum atomic E-state index is -0.794. The van der Waals surface area contributed by atoms with Gasteiger partial charge in [-0.15, -0.1) is 0 Å². The molecule has 1 atom stereocenters. The first-order chi connectivity index (χ1) is 9.58. The first kappa shape index (κ1) is 15.6. The van der Waals surface area contributed by atoms with E-state index in [0.717, 1.165) is 28.2 Å². The van der Waals surface area contributed by atoms with Crippen molar-refractivity contribution >= 4 is 31.9 Å². The highest BCUT2D eigenvalue weighted by atomic mass is 79.9. The van der Waals surface area contributed by atoms with Crippen molar-refractivity contribution in [2.24, 2.45) is 5.92 Å². The van der Waals surface area contributed by atoms with Crippen LogP contribution in [0.4, 0.5) is 8.78 Å². The molecule has 2 aromatic rings. The van der Waals surface area contributed by atoms with E-state index in [2.05, 4.69) is 44.0 Å². The van der Waals surface area contributed by atoms with Gasteiger partial charge in [0.25, 0.3) is 0 Å². The number of alkyl halides is 1. The molecule has 0 N–H and O–H groups in total. The Labute approximate surface area is 134 Å². The molecule has 1 unspecified atom stereocenters. The van der Waals surface area contributed by atoms with Crippen LogP contribution in [0, 0.1) is 17.6 Å². The zero-order chi connectivity index (χ0) is 14.5. The lowest BCUT2D eigenvalue weighted by Gasteiger charge is -2.14. The molecule has 0 radical (unpaired) electrons. The third-order valence-electron chi connectivity index (χ3n) is 3.16. The van der Waals surface area contributed by atoms with E-state index in [1.54, 1.807) is 6.07 Å². The van der Waals surface area contributed by atoms with Crippen LogP contribution in [0.25, 0.3) is 0 Å². The molecule has 2 aromatic carbocycles. The number of hydrogen-bond donors (Lipinski definition) is 0. The van der Waals surface area contributed by atoms with E-state index < -0.39 is 11.6 Å². The Morgan fingerprint density at radius 3 is 2.05 bits per heavy atom. The van der Waals surface area contributed by atoms with Crippen molar-refractivity contribution in [1.82, 2.24) is 0 Å². The van der Waals surface area contributed by atoms with E-state index in [-0.39, 0.29) is 0 Å².